The van der Waals surface area contributed by atoms with Crippen LogP contribution < -0.4 is 25.7 Å². The maximum absolute atomic E-state index is 14.0. The van der Waals surface area contributed by atoms with Crippen LogP contribution in [-0.4, -0.2) is 95.2 Å². The Morgan fingerprint density at radius 1 is 1.00 bits per heavy atom. The molecule has 58 heavy (non-hydrogen) atoms. The zero-order valence-corrected chi connectivity index (χ0v) is 34.1. The molecule has 4 saturated carbocycles. The van der Waals surface area contributed by atoms with Crippen LogP contribution in [0.25, 0.3) is 10.9 Å². The fourth-order valence-electron chi connectivity index (χ4n) is 9.15. The van der Waals surface area contributed by atoms with E-state index in [-0.39, 0.29) is 43.1 Å². The number of alkyl halides is 2. The standard InChI is InChI=1S/C36H44F2N6O9S.C4H10/c1-18-23-14-27-22(29(18)23)8-3-2-6-12-43-32(47)21-7-4-5-9-25(21)40-34(43)52-19-13-26(44(17-19)28(45)16-39-35(49)53-27)31(46)41-36(15-24(36)30(37)38)33(48)42-54(50,51)20-10-11-20;1-4(2)3/h4-5,7,9,18-20,22-24,26-27,29-30H,2-3,6,8,10-17H2,1H3,(H,39,49)(H,41,46)(H,42,48);4H,1-3H3/t18?,19-,22?,23-,24+,26+,27-,29-,36-;/m1./s1. The quantitative estimate of drug-likeness (QED) is 0.386. The van der Waals surface area contributed by atoms with Gasteiger partial charge in [-0.2, -0.15) is 4.98 Å². The van der Waals surface area contributed by atoms with Gasteiger partial charge in [0.15, 0.2) is 0 Å². The number of nitrogens with zero attached hydrogens (tertiary/aromatic N) is 3. The van der Waals surface area contributed by atoms with Crippen molar-refractivity contribution in [2.75, 3.05) is 13.1 Å². The lowest BCUT2D eigenvalue weighted by molar-refractivity contribution is -0.139. The average molecular weight is 833 g/mol. The minimum absolute atomic E-state index is 0.00781. The Labute approximate surface area is 336 Å². The highest BCUT2D eigenvalue weighted by atomic mass is 32.2. The van der Waals surface area contributed by atoms with E-state index in [0.29, 0.717) is 47.9 Å². The number of hydrogen-bond donors (Lipinski definition) is 3. The fourth-order valence-corrected chi connectivity index (χ4v) is 10.5. The van der Waals surface area contributed by atoms with Crippen LogP contribution in [0.1, 0.15) is 85.5 Å². The van der Waals surface area contributed by atoms with E-state index in [0.717, 1.165) is 36.5 Å². The van der Waals surface area contributed by atoms with Crippen LogP contribution in [0.5, 0.6) is 6.01 Å². The topological polar surface area (TPSA) is 195 Å². The number of nitrogens with one attached hydrogen (secondary N) is 3. The van der Waals surface area contributed by atoms with Crippen molar-refractivity contribution in [3.8, 4) is 6.01 Å². The normalized spacial score (nSPS) is 32.2. The molecule has 2 unspecified atom stereocenters. The highest BCUT2D eigenvalue weighted by Crippen LogP contribution is 2.62. The van der Waals surface area contributed by atoms with Gasteiger partial charge in [-0.1, -0.05) is 52.7 Å². The zero-order valence-electron chi connectivity index (χ0n) is 33.3. The molecule has 8 rings (SSSR count). The third kappa shape index (κ3) is 8.67. The Bertz CT molecular complexity index is 2090. The van der Waals surface area contributed by atoms with Crippen LogP contribution in [0.2, 0.25) is 0 Å². The third-order valence-corrected chi connectivity index (χ3v) is 14.2. The molecule has 3 heterocycles. The lowest BCUT2D eigenvalue weighted by Gasteiger charge is -2.27. The smallest absolute Gasteiger partial charge is 0.407 e. The Balaban J connectivity index is 0.00000122. The Hall–Kier alpha value is -4.35. The molecule has 1 aromatic carbocycles. The molecular weight excluding hydrogens is 779 g/mol. The van der Waals surface area contributed by atoms with Crippen molar-refractivity contribution >= 4 is 44.7 Å². The monoisotopic (exact) mass is 832 g/mol. The van der Waals surface area contributed by atoms with Crippen molar-refractivity contribution in [1.82, 2.24) is 29.8 Å². The molecule has 0 spiro atoms. The van der Waals surface area contributed by atoms with Crippen molar-refractivity contribution in [2.45, 2.75) is 127 Å². The summed E-state index contributed by atoms with van der Waals surface area (Å²) in [5, 5.41) is 4.46. The van der Waals surface area contributed by atoms with Gasteiger partial charge in [0.1, 0.15) is 30.3 Å². The number of carbonyl (C=O) groups excluding carboxylic acids is 4. The average Bonchev–Trinajstić information content (AvgIpc) is 4.11. The highest BCUT2D eigenvalue weighted by molar-refractivity contribution is 7.91. The number of amides is 4. The third-order valence-electron chi connectivity index (χ3n) is 12.4. The van der Waals surface area contributed by atoms with E-state index in [4.69, 9.17) is 9.47 Å². The predicted octanol–water partition coefficient (Wildman–Crippen LogP) is 3.73. The second-order valence-corrected chi connectivity index (χ2v) is 19.5. The van der Waals surface area contributed by atoms with E-state index in [1.807, 2.05) is 4.72 Å². The van der Waals surface area contributed by atoms with Crippen LogP contribution in [0, 0.1) is 35.5 Å². The van der Waals surface area contributed by atoms with Gasteiger partial charge in [0, 0.05) is 13.0 Å². The van der Waals surface area contributed by atoms with Gasteiger partial charge in [-0.25, -0.2) is 22.0 Å². The second-order valence-electron chi connectivity index (χ2n) is 17.6. The Morgan fingerprint density at radius 2 is 1.72 bits per heavy atom. The second kappa shape index (κ2) is 16.4. The van der Waals surface area contributed by atoms with Gasteiger partial charge in [0.25, 0.3) is 17.5 Å². The first-order valence-electron chi connectivity index (χ1n) is 20.6. The molecule has 5 fully saturated rings. The zero-order chi connectivity index (χ0) is 41.7. The van der Waals surface area contributed by atoms with Crippen molar-refractivity contribution in [1.29, 1.82) is 0 Å². The molecule has 3 N–H and O–H groups in total. The number of rotatable bonds is 6. The number of para-hydroxylation sites is 1. The molecule has 2 aromatic rings. The molecule has 6 aliphatic rings. The number of ether oxygens (including phenoxy) is 2. The first-order valence-corrected chi connectivity index (χ1v) is 22.1. The van der Waals surface area contributed by atoms with Gasteiger partial charge < -0.3 is 25.0 Å². The van der Waals surface area contributed by atoms with Crippen molar-refractivity contribution in [2.24, 2.45) is 35.5 Å². The Kier molecular flexibility index (Phi) is 11.8. The van der Waals surface area contributed by atoms with Crippen LogP contribution in [-0.2, 0) is 35.7 Å². The van der Waals surface area contributed by atoms with E-state index in [1.54, 1.807) is 24.3 Å². The summed E-state index contributed by atoms with van der Waals surface area (Å²) < 4.78 is 68.6. The Morgan fingerprint density at radius 3 is 2.41 bits per heavy atom. The van der Waals surface area contributed by atoms with Crippen molar-refractivity contribution < 1.29 is 45.9 Å². The first kappa shape index (κ1) is 41.8. The van der Waals surface area contributed by atoms with E-state index >= 15 is 0 Å². The summed E-state index contributed by atoms with van der Waals surface area (Å²) >= 11 is 0. The summed E-state index contributed by atoms with van der Waals surface area (Å²) in [7, 11) is -4.13. The van der Waals surface area contributed by atoms with Crippen molar-refractivity contribution in [3.63, 3.8) is 0 Å². The molecule has 15 nitrogen and oxygen atoms in total. The van der Waals surface area contributed by atoms with E-state index in [9.17, 15) is 41.2 Å². The molecule has 1 saturated heterocycles. The summed E-state index contributed by atoms with van der Waals surface area (Å²) in [6, 6.07) is 5.43. The number of sulfonamides is 1. The number of aromatic nitrogens is 2. The van der Waals surface area contributed by atoms with Gasteiger partial charge in [0.2, 0.25) is 28.3 Å². The maximum atomic E-state index is 14.0. The molecule has 1 aromatic heterocycles. The van der Waals surface area contributed by atoms with E-state index < -0.39 is 82.1 Å². The molecule has 2 aliphatic heterocycles. The van der Waals surface area contributed by atoms with Crippen LogP contribution in [0.3, 0.4) is 0 Å². The molecule has 2 bridgehead atoms. The minimum atomic E-state index is -4.13. The van der Waals surface area contributed by atoms with Gasteiger partial charge in [-0.15, -0.1) is 0 Å². The molecule has 18 heteroatoms. The molecule has 0 radical (unpaired) electrons. The highest BCUT2D eigenvalue weighted by Gasteiger charge is 2.67. The van der Waals surface area contributed by atoms with Crippen LogP contribution in [0.4, 0.5) is 13.6 Å². The molecule has 9 atom stereocenters. The summed E-state index contributed by atoms with van der Waals surface area (Å²) in [6.45, 7) is 8.22. The van der Waals surface area contributed by atoms with Gasteiger partial charge in [-0.05, 0) is 80.2 Å². The summed E-state index contributed by atoms with van der Waals surface area (Å²) in [4.78, 5) is 73.5. The maximum Gasteiger partial charge on any atom is 0.407 e. The fraction of sp³-hybridized carbons (Fsp3) is 0.700. The molecule has 318 valence electrons. The SMILES string of the molecule is CC(C)C.CC1[C@@H]2C3CCCCCn4c(nc5ccccc5c4=O)O[C@@H]4C[C@@H](C(=O)N[C@]5(C(=O)NS(=O)(=O)C6CC6)C[C@H]5C(F)F)N(C4)C(=O)CNC(=O)O[C@@H]3C[C@H]12. The predicted molar refractivity (Wildman–Crippen MR) is 207 cm³/mol. The minimum Gasteiger partial charge on any atom is -0.459 e. The molecule has 4 amide bonds. The van der Waals surface area contributed by atoms with Crippen LogP contribution in [0.15, 0.2) is 29.1 Å². The van der Waals surface area contributed by atoms with Crippen molar-refractivity contribution in [3.05, 3.63) is 34.6 Å². The van der Waals surface area contributed by atoms with E-state index in [2.05, 4.69) is 43.3 Å². The molecular formula is C40H54F2N6O9S. The first-order chi connectivity index (χ1) is 27.5. The number of benzene rings is 1. The summed E-state index contributed by atoms with van der Waals surface area (Å²) in [5.74, 6) is -2.12. The lowest BCUT2D eigenvalue weighted by Crippen LogP contribution is -2.57. The largest absolute Gasteiger partial charge is 0.459 e. The number of hydrogen-bond acceptors (Lipinski definition) is 10. The number of halogens is 2. The number of fused-ring (bicyclic) bond motifs is 7. The van der Waals surface area contributed by atoms with Gasteiger partial charge >= 0.3 is 6.09 Å². The van der Waals surface area contributed by atoms with Gasteiger partial charge in [0.05, 0.1) is 28.6 Å². The summed E-state index contributed by atoms with van der Waals surface area (Å²) in [6.07, 6.45) is -1.22. The number of alkyl carbamates (subject to hydrolysis) is 1. The van der Waals surface area contributed by atoms with E-state index in [1.165, 1.54) is 4.57 Å². The summed E-state index contributed by atoms with van der Waals surface area (Å²) in [5.41, 5.74) is -2.14. The van der Waals surface area contributed by atoms with Crippen LogP contribution >= 0.6 is 0 Å². The lowest BCUT2D eigenvalue weighted by atomic mass is 9.91. The number of carbonyl (C=O) groups is 4. The van der Waals surface area contributed by atoms with Gasteiger partial charge in [-0.3, -0.25) is 28.5 Å². The molecule has 4 aliphatic carbocycles.